The molecule has 0 aliphatic carbocycles. The molecule has 0 atom stereocenters. The van der Waals surface area contributed by atoms with E-state index in [1.807, 2.05) is 4.90 Å². The van der Waals surface area contributed by atoms with Crippen LogP contribution in [0.1, 0.15) is 16.2 Å². The van der Waals surface area contributed by atoms with Crippen molar-refractivity contribution in [2.45, 2.75) is 6.92 Å². The van der Waals surface area contributed by atoms with Crippen molar-refractivity contribution in [2.24, 2.45) is 0 Å². The number of halogens is 3. The minimum Gasteiger partial charge on any atom is -0.367 e. The number of hydrogen-bond acceptors (Lipinski definition) is 6. The molecule has 1 aliphatic rings. The van der Waals surface area contributed by atoms with Gasteiger partial charge in [-0.15, -0.1) is 5.10 Å². The van der Waals surface area contributed by atoms with Crippen LogP contribution in [0.3, 0.4) is 0 Å². The van der Waals surface area contributed by atoms with Gasteiger partial charge in [0.1, 0.15) is 5.82 Å². The highest BCUT2D eigenvalue weighted by molar-refractivity contribution is 6.33. The van der Waals surface area contributed by atoms with Crippen molar-refractivity contribution < 1.29 is 14.1 Å². The first-order chi connectivity index (χ1) is 15.3. The average Bonchev–Trinajstić information content (AvgIpc) is 3.16. The number of aryl methyl sites for hydroxylation is 1. The van der Waals surface area contributed by atoms with Gasteiger partial charge in [0.15, 0.2) is 5.69 Å². The molecule has 3 aromatic rings. The lowest BCUT2D eigenvalue weighted by Gasteiger charge is -2.36. The zero-order valence-electron chi connectivity index (χ0n) is 16.8. The van der Waals surface area contributed by atoms with Gasteiger partial charge < -0.3 is 9.80 Å². The fourth-order valence-corrected chi connectivity index (χ4v) is 4.04. The number of amides is 1. The molecular formula is C20H17Cl2FN6O3. The number of rotatable bonds is 4. The first-order valence-corrected chi connectivity index (χ1v) is 10.4. The summed E-state index contributed by atoms with van der Waals surface area (Å²) in [6, 6.07) is 8.39. The number of anilines is 1. The molecule has 2 aromatic carbocycles. The first kappa shape index (κ1) is 22.0. The van der Waals surface area contributed by atoms with Gasteiger partial charge >= 0.3 is 0 Å². The summed E-state index contributed by atoms with van der Waals surface area (Å²) in [7, 11) is 0. The average molecular weight is 479 g/mol. The topological polar surface area (TPSA) is 97.4 Å². The van der Waals surface area contributed by atoms with Gasteiger partial charge in [-0.1, -0.05) is 28.4 Å². The normalized spacial score (nSPS) is 14.0. The lowest BCUT2D eigenvalue weighted by molar-refractivity contribution is -0.384. The molecule has 12 heteroatoms. The first-order valence-electron chi connectivity index (χ1n) is 9.62. The number of non-ortho nitro benzene ring substituents is 1. The van der Waals surface area contributed by atoms with Gasteiger partial charge in [0, 0.05) is 38.3 Å². The quantitative estimate of drug-likeness (QED) is 0.416. The fourth-order valence-electron chi connectivity index (χ4n) is 3.57. The van der Waals surface area contributed by atoms with Crippen LogP contribution in [0.4, 0.5) is 15.8 Å². The minimum atomic E-state index is -0.568. The van der Waals surface area contributed by atoms with E-state index in [1.54, 1.807) is 17.9 Å². The fraction of sp³-hybridized carbons (Fsp3) is 0.250. The largest absolute Gasteiger partial charge is 0.367 e. The number of nitro benzene ring substituents is 1. The van der Waals surface area contributed by atoms with Crippen molar-refractivity contribution in [1.29, 1.82) is 0 Å². The smallest absolute Gasteiger partial charge is 0.274 e. The summed E-state index contributed by atoms with van der Waals surface area (Å²) in [6.45, 7) is 3.47. The summed E-state index contributed by atoms with van der Waals surface area (Å²) in [6.07, 6.45) is 0. The molecule has 1 aliphatic heterocycles. The molecule has 9 nitrogen and oxygen atoms in total. The summed E-state index contributed by atoms with van der Waals surface area (Å²) in [5, 5.41) is 19.1. The van der Waals surface area contributed by atoms with E-state index in [2.05, 4.69) is 10.3 Å². The number of hydrogen-bond donors (Lipinski definition) is 0. The molecule has 32 heavy (non-hydrogen) atoms. The predicted octanol–water partition coefficient (Wildman–Crippen LogP) is 3.89. The molecule has 0 unspecified atom stereocenters. The molecule has 0 radical (unpaired) electrons. The van der Waals surface area contributed by atoms with Crippen LogP contribution in [0, 0.1) is 22.9 Å². The van der Waals surface area contributed by atoms with Crippen molar-refractivity contribution in [3.8, 4) is 5.69 Å². The highest BCUT2D eigenvalue weighted by Crippen LogP contribution is 2.30. The molecule has 1 saturated heterocycles. The highest BCUT2D eigenvalue weighted by Gasteiger charge is 2.28. The second kappa shape index (κ2) is 8.71. The Bertz CT molecular complexity index is 1210. The van der Waals surface area contributed by atoms with Crippen molar-refractivity contribution in [2.75, 3.05) is 31.1 Å². The maximum atomic E-state index is 13.5. The molecule has 1 aromatic heterocycles. The maximum absolute atomic E-state index is 13.5. The van der Waals surface area contributed by atoms with Gasteiger partial charge in [0.25, 0.3) is 11.6 Å². The van der Waals surface area contributed by atoms with E-state index >= 15 is 0 Å². The number of carbonyl (C=O) groups excluding carboxylic acids is 1. The Hall–Kier alpha value is -3.24. The van der Waals surface area contributed by atoms with Crippen LogP contribution < -0.4 is 4.90 Å². The van der Waals surface area contributed by atoms with E-state index in [0.29, 0.717) is 43.2 Å². The molecule has 0 bridgehead atoms. The van der Waals surface area contributed by atoms with Crippen LogP contribution in [0.25, 0.3) is 5.69 Å². The van der Waals surface area contributed by atoms with Crippen molar-refractivity contribution in [3.05, 3.63) is 73.8 Å². The SMILES string of the molecule is Cc1nnn(-c2ccc(F)c(Cl)c2)c1C(=O)N1CCN(c2ccc([N+](=O)[O-])cc2Cl)CC1. The third kappa shape index (κ3) is 4.11. The number of piperazine rings is 1. The molecule has 0 N–H and O–H groups in total. The third-order valence-corrected chi connectivity index (χ3v) is 5.83. The Balaban J connectivity index is 1.52. The molecule has 0 saturated carbocycles. The minimum absolute atomic E-state index is 0.0790. The second-order valence-corrected chi connectivity index (χ2v) is 8.02. The Morgan fingerprint density at radius 1 is 1.09 bits per heavy atom. The summed E-state index contributed by atoms with van der Waals surface area (Å²) in [4.78, 5) is 27.3. The van der Waals surface area contributed by atoms with E-state index in [1.165, 1.54) is 35.0 Å². The third-order valence-electron chi connectivity index (χ3n) is 5.24. The monoisotopic (exact) mass is 478 g/mol. The van der Waals surface area contributed by atoms with Gasteiger partial charge in [-0.3, -0.25) is 14.9 Å². The van der Waals surface area contributed by atoms with Crippen molar-refractivity contribution in [3.63, 3.8) is 0 Å². The Labute approximate surface area is 192 Å². The van der Waals surface area contributed by atoms with E-state index in [0.717, 1.165) is 0 Å². The van der Waals surface area contributed by atoms with Gasteiger partial charge in [-0.25, -0.2) is 9.07 Å². The summed E-state index contributed by atoms with van der Waals surface area (Å²) in [5.41, 5.74) is 1.74. The molecule has 4 rings (SSSR count). The second-order valence-electron chi connectivity index (χ2n) is 7.21. The zero-order chi connectivity index (χ0) is 23.0. The summed E-state index contributed by atoms with van der Waals surface area (Å²) >= 11 is 12.1. The van der Waals surface area contributed by atoms with E-state index in [4.69, 9.17) is 23.2 Å². The van der Waals surface area contributed by atoms with Crippen LogP contribution in [-0.4, -0.2) is 56.9 Å². The Kier molecular flexibility index (Phi) is 5.98. The number of aromatic nitrogens is 3. The number of nitro groups is 1. The lowest BCUT2D eigenvalue weighted by atomic mass is 10.2. The van der Waals surface area contributed by atoms with Crippen LogP contribution >= 0.6 is 23.2 Å². The zero-order valence-corrected chi connectivity index (χ0v) is 18.3. The van der Waals surface area contributed by atoms with Gasteiger partial charge in [-0.2, -0.15) is 0 Å². The predicted molar refractivity (Wildman–Crippen MR) is 117 cm³/mol. The van der Waals surface area contributed by atoms with E-state index in [9.17, 15) is 19.3 Å². The van der Waals surface area contributed by atoms with Gasteiger partial charge in [0.05, 0.1) is 32.0 Å². The molecule has 0 spiro atoms. The molecular weight excluding hydrogens is 462 g/mol. The van der Waals surface area contributed by atoms with Crippen LogP contribution in [0.5, 0.6) is 0 Å². The van der Waals surface area contributed by atoms with Crippen LogP contribution in [0.15, 0.2) is 36.4 Å². The van der Waals surface area contributed by atoms with Gasteiger partial charge in [0.2, 0.25) is 0 Å². The standard InChI is InChI=1S/C20H17Cl2FN6O3/c1-12-19(28(25-24-12)13-2-4-17(23)15(21)10-13)20(30)27-8-6-26(7-9-27)18-5-3-14(29(31)32)11-16(18)22/h2-5,10-11H,6-9H2,1H3. The Morgan fingerprint density at radius 2 is 1.81 bits per heavy atom. The van der Waals surface area contributed by atoms with Crippen molar-refractivity contribution in [1.82, 2.24) is 19.9 Å². The summed E-state index contributed by atoms with van der Waals surface area (Å²) < 4.78 is 14.9. The molecule has 166 valence electrons. The lowest BCUT2D eigenvalue weighted by Crippen LogP contribution is -2.49. The van der Waals surface area contributed by atoms with Crippen molar-refractivity contribution >= 4 is 40.5 Å². The highest BCUT2D eigenvalue weighted by atomic mass is 35.5. The molecule has 1 amide bonds. The van der Waals surface area contributed by atoms with Crippen LogP contribution in [-0.2, 0) is 0 Å². The van der Waals surface area contributed by atoms with Crippen LogP contribution in [0.2, 0.25) is 10.0 Å². The number of nitrogens with zero attached hydrogens (tertiary/aromatic N) is 6. The Morgan fingerprint density at radius 3 is 2.44 bits per heavy atom. The molecule has 1 fully saturated rings. The van der Waals surface area contributed by atoms with Gasteiger partial charge in [-0.05, 0) is 31.2 Å². The van der Waals surface area contributed by atoms with E-state index in [-0.39, 0.29) is 27.3 Å². The maximum Gasteiger partial charge on any atom is 0.274 e. The number of benzene rings is 2. The molecule has 2 heterocycles. The number of carbonyl (C=O) groups is 1. The summed E-state index contributed by atoms with van der Waals surface area (Å²) in [5.74, 6) is -0.830. The van der Waals surface area contributed by atoms with E-state index < -0.39 is 10.7 Å².